The molecule has 0 aliphatic carbocycles. The molecule has 1 aromatic rings. The first-order chi connectivity index (χ1) is 7.41. The van der Waals surface area contributed by atoms with Crippen molar-refractivity contribution in [3.05, 3.63) is 28.7 Å². The SMILES string of the molecule is CC(=O)/C(=C\N(C)C)n1cc([N+](=O)[O-])cn1. The van der Waals surface area contributed by atoms with Gasteiger partial charge in [-0.05, 0) is 0 Å². The predicted molar refractivity (Wildman–Crippen MR) is 57.5 cm³/mol. The molecule has 0 N–H and O–H groups in total. The summed E-state index contributed by atoms with van der Waals surface area (Å²) in [4.78, 5) is 22.9. The standard InChI is InChI=1S/C9H12N4O3/c1-7(14)9(6-11(2)3)12-5-8(4-10-12)13(15)16/h4-6H,1-3H3/b9-6+. The van der Waals surface area contributed by atoms with Crippen molar-refractivity contribution in [3.63, 3.8) is 0 Å². The number of aromatic nitrogens is 2. The highest BCUT2D eigenvalue weighted by atomic mass is 16.6. The molecular weight excluding hydrogens is 212 g/mol. The molecule has 0 bridgehead atoms. The van der Waals surface area contributed by atoms with E-state index in [1.165, 1.54) is 17.8 Å². The molecule has 1 rings (SSSR count). The number of rotatable bonds is 4. The van der Waals surface area contributed by atoms with E-state index in [9.17, 15) is 14.9 Å². The van der Waals surface area contributed by atoms with Crippen molar-refractivity contribution in [2.24, 2.45) is 0 Å². The van der Waals surface area contributed by atoms with Gasteiger partial charge < -0.3 is 4.90 Å². The zero-order valence-corrected chi connectivity index (χ0v) is 9.25. The average Bonchev–Trinajstić information content (AvgIpc) is 2.61. The van der Waals surface area contributed by atoms with Crippen LogP contribution in [0.1, 0.15) is 6.92 Å². The van der Waals surface area contributed by atoms with Crippen LogP contribution in [0.5, 0.6) is 0 Å². The van der Waals surface area contributed by atoms with Crippen molar-refractivity contribution in [3.8, 4) is 0 Å². The molecule has 0 aliphatic heterocycles. The molecule has 16 heavy (non-hydrogen) atoms. The highest BCUT2D eigenvalue weighted by molar-refractivity contribution is 6.13. The molecule has 0 aliphatic rings. The van der Waals surface area contributed by atoms with Gasteiger partial charge in [0.1, 0.15) is 18.1 Å². The van der Waals surface area contributed by atoms with Crippen molar-refractivity contribution < 1.29 is 9.72 Å². The van der Waals surface area contributed by atoms with Crippen molar-refractivity contribution >= 4 is 17.2 Å². The lowest BCUT2D eigenvalue weighted by Crippen LogP contribution is -2.11. The van der Waals surface area contributed by atoms with Crippen molar-refractivity contribution in [1.29, 1.82) is 0 Å². The molecule has 0 spiro atoms. The third-order valence-corrected chi connectivity index (χ3v) is 1.77. The maximum atomic E-state index is 11.3. The van der Waals surface area contributed by atoms with Crippen LogP contribution in [-0.4, -0.2) is 39.5 Å². The van der Waals surface area contributed by atoms with E-state index in [1.54, 1.807) is 25.2 Å². The molecule has 1 heterocycles. The molecule has 0 aromatic carbocycles. The van der Waals surface area contributed by atoms with E-state index in [0.717, 1.165) is 6.20 Å². The molecule has 7 nitrogen and oxygen atoms in total. The number of Topliss-reactive ketones (excluding diaryl/α,β-unsaturated/α-hetero) is 1. The highest BCUT2D eigenvalue weighted by Gasteiger charge is 2.14. The fraction of sp³-hybridized carbons (Fsp3) is 0.333. The summed E-state index contributed by atoms with van der Waals surface area (Å²) in [6.07, 6.45) is 3.86. The van der Waals surface area contributed by atoms with E-state index >= 15 is 0 Å². The Morgan fingerprint density at radius 3 is 2.62 bits per heavy atom. The lowest BCUT2D eigenvalue weighted by Gasteiger charge is -2.08. The Labute approximate surface area is 92.1 Å². The molecule has 7 heteroatoms. The van der Waals surface area contributed by atoms with Crippen LogP contribution in [-0.2, 0) is 4.79 Å². The van der Waals surface area contributed by atoms with E-state index in [0.29, 0.717) is 0 Å². The normalized spacial score (nSPS) is 11.3. The van der Waals surface area contributed by atoms with Gasteiger partial charge in [0.25, 0.3) is 0 Å². The van der Waals surface area contributed by atoms with E-state index in [-0.39, 0.29) is 17.2 Å². The predicted octanol–water partition coefficient (Wildman–Crippen LogP) is 0.740. The molecule has 0 unspecified atom stereocenters. The Kier molecular flexibility index (Phi) is 3.39. The number of nitro groups is 1. The maximum absolute atomic E-state index is 11.3. The second kappa shape index (κ2) is 4.56. The summed E-state index contributed by atoms with van der Waals surface area (Å²) < 4.78 is 1.19. The lowest BCUT2D eigenvalue weighted by molar-refractivity contribution is -0.384. The second-order valence-electron chi connectivity index (χ2n) is 3.43. The van der Waals surface area contributed by atoms with Crippen molar-refractivity contribution in [1.82, 2.24) is 14.7 Å². The Morgan fingerprint density at radius 1 is 1.62 bits per heavy atom. The van der Waals surface area contributed by atoms with Gasteiger partial charge in [0, 0.05) is 27.2 Å². The highest BCUT2D eigenvalue weighted by Crippen LogP contribution is 2.13. The van der Waals surface area contributed by atoms with Gasteiger partial charge in [0.15, 0.2) is 5.78 Å². The average molecular weight is 224 g/mol. The summed E-state index contributed by atoms with van der Waals surface area (Å²) >= 11 is 0. The van der Waals surface area contributed by atoms with Gasteiger partial charge in [-0.1, -0.05) is 0 Å². The topological polar surface area (TPSA) is 81.3 Å². The molecule has 0 amide bonds. The van der Waals surface area contributed by atoms with Crippen LogP contribution < -0.4 is 0 Å². The van der Waals surface area contributed by atoms with Gasteiger partial charge >= 0.3 is 5.69 Å². The maximum Gasteiger partial charge on any atom is 0.307 e. The Hall–Kier alpha value is -2.18. The van der Waals surface area contributed by atoms with Gasteiger partial charge in [-0.3, -0.25) is 14.9 Å². The second-order valence-corrected chi connectivity index (χ2v) is 3.43. The molecular formula is C9H12N4O3. The first kappa shape index (κ1) is 11.9. The van der Waals surface area contributed by atoms with E-state index in [2.05, 4.69) is 5.10 Å². The number of carbonyl (C=O) groups is 1. The zero-order chi connectivity index (χ0) is 12.3. The molecule has 0 saturated heterocycles. The minimum absolute atomic E-state index is 0.147. The van der Waals surface area contributed by atoms with Crippen LogP contribution in [0.3, 0.4) is 0 Å². The van der Waals surface area contributed by atoms with Gasteiger partial charge in [-0.2, -0.15) is 5.10 Å². The number of ketones is 1. The number of nitrogens with zero attached hydrogens (tertiary/aromatic N) is 4. The smallest absolute Gasteiger partial charge is 0.307 e. The lowest BCUT2D eigenvalue weighted by atomic mass is 10.3. The summed E-state index contributed by atoms with van der Waals surface area (Å²) in [7, 11) is 3.50. The number of hydrogen-bond donors (Lipinski definition) is 0. The number of allylic oxidation sites excluding steroid dienone is 1. The van der Waals surface area contributed by atoms with Gasteiger partial charge in [-0.15, -0.1) is 0 Å². The fourth-order valence-corrected chi connectivity index (χ4v) is 1.10. The van der Waals surface area contributed by atoms with Crippen LogP contribution >= 0.6 is 0 Å². The van der Waals surface area contributed by atoms with Crippen LogP contribution in [0.15, 0.2) is 18.6 Å². The molecule has 1 aromatic heterocycles. The van der Waals surface area contributed by atoms with E-state index < -0.39 is 4.92 Å². The van der Waals surface area contributed by atoms with Crippen LogP contribution in [0.4, 0.5) is 5.69 Å². The van der Waals surface area contributed by atoms with Gasteiger partial charge in [0.05, 0.1) is 4.92 Å². The summed E-state index contributed by atoms with van der Waals surface area (Å²) in [5, 5.41) is 14.2. The third kappa shape index (κ3) is 2.66. The largest absolute Gasteiger partial charge is 0.382 e. The summed E-state index contributed by atoms with van der Waals surface area (Å²) in [6, 6.07) is 0. The quantitative estimate of drug-likeness (QED) is 0.428. The van der Waals surface area contributed by atoms with Crippen LogP contribution in [0.25, 0.3) is 5.70 Å². The summed E-state index contributed by atoms with van der Waals surface area (Å²) in [6.45, 7) is 1.38. The Morgan fingerprint density at radius 2 is 2.25 bits per heavy atom. The number of carbonyl (C=O) groups excluding carboxylic acids is 1. The number of hydrogen-bond acceptors (Lipinski definition) is 5. The van der Waals surface area contributed by atoms with Crippen molar-refractivity contribution in [2.75, 3.05) is 14.1 Å². The van der Waals surface area contributed by atoms with E-state index in [1.807, 2.05) is 0 Å². The molecule has 0 radical (unpaired) electrons. The first-order valence-electron chi connectivity index (χ1n) is 4.50. The zero-order valence-electron chi connectivity index (χ0n) is 9.25. The summed E-state index contributed by atoms with van der Waals surface area (Å²) in [5.74, 6) is -0.216. The minimum Gasteiger partial charge on any atom is -0.382 e. The monoisotopic (exact) mass is 224 g/mol. The molecule has 0 saturated carbocycles. The third-order valence-electron chi connectivity index (χ3n) is 1.77. The van der Waals surface area contributed by atoms with Gasteiger partial charge in [0.2, 0.25) is 0 Å². The van der Waals surface area contributed by atoms with Gasteiger partial charge in [-0.25, -0.2) is 4.68 Å². The van der Waals surface area contributed by atoms with Crippen LogP contribution in [0.2, 0.25) is 0 Å². The Bertz CT molecular complexity index is 447. The van der Waals surface area contributed by atoms with Crippen molar-refractivity contribution in [2.45, 2.75) is 6.92 Å². The van der Waals surface area contributed by atoms with Crippen LogP contribution in [0, 0.1) is 10.1 Å². The first-order valence-corrected chi connectivity index (χ1v) is 4.50. The summed E-state index contributed by atoms with van der Waals surface area (Å²) in [5.41, 5.74) is 0.129. The Balaban J connectivity index is 3.12. The van der Waals surface area contributed by atoms with E-state index in [4.69, 9.17) is 0 Å². The molecule has 0 atom stereocenters. The minimum atomic E-state index is -0.559. The molecule has 86 valence electrons. The fourth-order valence-electron chi connectivity index (χ4n) is 1.10. The molecule has 0 fully saturated rings.